The molecule has 0 radical (unpaired) electrons. The fourth-order valence-electron chi connectivity index (χ4n) is 2.91. The molecule has 138 valence electrons. The highest BCUT2D eigenvalue weighted by atomic mass is 16.5. The van der Waals surface area contributed by atoms with Crippen LogP contribution in [0.4, 0.5) is 11.4 Å². The Bertz CT molecular complexity index is 904. The number of nitrogens with zero attached hydrogens (tertiary/aromatic N) is 2. The average molecular weight is 365 g/mol. The standard InChI is InChI=1S/C20H19N3O4/c1-26-18-11-15(8-9-16(18)23-10-4-7-20(23)25)22-19(24)13-27-17-6-3-2-5-14(17)12-21/h2-3,5-6,8-9,11H,4,7,10,13H2,1H3,(H,22,24). The maximum absolute atomic E-state index is 12.2. The zero-order valence-electron chi connectivity index (χ0n) is 14.9. The van der Waals surface area contributed by atoms with E-state index >= 15 is 0 Å². The average Bonchev–Trinajstić information content (AvgIpc) is 3.12. The SMILES string of the molecule is COc1cc(NC(=O)COc2ccccc2C#N)ccc1N1CCCC1=O. The third-order valence-electron chi connectivity index (χ3n) is 4.19. The van der Waals surface area contributed by atoms with Crippen LogP contribution < -0.4 is 19.7 Å². The Morgan fingerprint density at radius 1 is 1.26 bits per heavy atom. The van der Waals surface area contributed by atoms with Crippen molar-refractivity contribution in [1.82, 2.24) is 0 Å². The van der Waals surface area contributed by atoms with E-state index in [1.807, 2.05) is 6.07 Å². The van der Waals surface area contributed by atoms with Gasteiger partial charge >= 0.3 is 0 Å². The van der Waals surface area contributed by atoms with Crippen LogP contribution in [0.5, 0.6) is 11.5 Å². The minimum absolute atomic E-state index is 0.0645. The molecule has 1 heterocycles. The van der Waals surface area contributed by atoms with E-state index in [0.717, 1.165) is 6.42 Å². The van der Waals surface area contributed by atoms with Gasteiger partial charge in [0.25, 0.3) is 5.91 Å². The van der Waals surface area contributed by atoms with E-state index in [9.17, 15) is 9.59 Å². The topological polar surface area (TPSA) is 91.7 Å². The van der Waals surface area contributed by atoms with Crippen LogP contribution in [0, 0.1) is 11.3 Å². The molecule has 7 nitrogen and oxygen atoms in total. The number of nitrogens with one attached hydrogen (secondary N) is 1. The van der Waals surface area contributed by atoms with Crippen LogP contribution in [0.3, 0.4) is 0 Å². The first-order valence-electron chi connectivity index (χ1n) is 8.52. The van der Waals surface area contributed by atoms with E-state index in [0.29, 0.717) is 41.4 Å². The van der Waals surface area contributed by atoms with Gasteiger partial charge in [-0.15, -0.1) is 0 Å². The number of benzene rings is 2. The first-order valence-corrected chi connectivity index (χ1v) is 8.52. The lowest BCUT2D eigenvalue weighted by molar-refractivity contribution is -0.118. The fourth-order valence-corrected chi connectivity index (χ4v) is 2.91. The summed E-state index contributed by atoms with van der Waals surface area (Å²) in [5, 5.41) is 11.8. The maximum Gasteiger partial charge on any atom is 0.262 e. The Balaban J connectivity index is 1.66. The second kappa shape index (κ2) is 8.23. The van der Waals surface area contributed by atoms with Crippen LogP contribution in [0.15, 0.2) is 42.5 Å². The first kappa shape index (κ1) is 18.3. The summed E-state index contributed by atoms with van der Waals surface area (Å²) >= 11 is 0. The molecule has 1 saturated heterocycles. The summed E-state index contributed by atoms with van der Waals surface area (Å²) in [5.41, 5.74) is 1.59. The molecule has 3 rings (SSSR count). The molecule has 0 aromatic heterocycles. The van der Waals surface area contributed by atoms with Crippen LogP contribution in [0.25, 0.3) is 0 Å². The van der Waals surface area contributed by atoms with Crippen LogP contribution in [0.1, 0.15) is 18.4 Å². The van der Waals surface area contributed by atoms with Gasteiger partial charge in [0.05, 0.1) is 18.4 Å². The predicted molar refractivity (Wildman–Crippen MR) is 99.9 cm³/mol. The number of anilines is 2. The van der Waals surface area contributed by atoms with E-state index in [4.69, 9.17) is 14.7 Å². The van der Waals surface area contributed by atoms with E-state index in [2.05, 4.69) is 5.32 Å². The molecule has 1 aliphatic rings. The lowest BCUT2D eigenvalue weighted by atomic mass is 10.2. The Hall–Kier alpha value is -3.53. The zero-order chi connectivity index (χ0) is 19.2. The molecule has 2 amide bonds. The monoisotopic (exact) mass is 365 g/mol. The Labute approximate surface area is 157 Å². The number of para-hydroxylation sites is 1. The predicted octanol–water partition coefficient (Wildman–Crippen LogP) is 2.71. The summed E-state index contributed by atoms with van der Waals surface area (Å²) in [4.78, 5) is 25.8. The zero-order valence-corrected chi connectivity index (χ0v) is 14.9. The second-order valence-corrected chi connectivity index (χ2v) is 5.98. The van der Waals surface area contributed by atoms with Crippen molar-refractivity contribution >= 4 is 23.2 Å². The molecule has 2 aromatic carbocycles. The van der Waals surface area contributed by atoms with Crippen LogP contribution in [-0.2, 0) is 9.59 Å². The van der Waals surface area contributed by atoms with E-state index in [1.54, 1.807) is 47.4 Å². The number of carbonyl (C=O) groups excluding carboxylic acids is 2. The van der Waals surface area contributed by atoms with Crippen molar-refractivity contribution in [2.45, 2.75) is 12.8 Å². The van der Waals surface area contributed by atoms with Gasteiger partial charge in [-0.05, 0) is 30.7 Å². The molecule has 1 fully saturated rings. The largest absolute Gasteiger partial charge is 0.494 e. The number of amides is 2. The van der Waals surface area contributed by atoms with E-state index in [-0.39, 0.29) is 18.4 Å². The molecule has 27 heavy (non-hydrogen) atoms. The molecule has 1 N–H and O–H groups in total. The molecule has 0 aliphatic carbocycles. The molecule has 2 aromatic rings. The van der Waals surface area contributed by atoms with Crippen molar-refractivity contribution in [1.29, 1.82) is 5.26 Å². The molecule has 0 spiro atoms. The molecule has 1 aliphatic heterocycles. The number of methoxy groups -OCH3 is 1. The fraction of sp³-hybridized carbons (Fsp3) is 0.250. The lowest BCUT2D eigenvalue weighted by Crippen LogP contribution is -2.24. The van der Waals surface area contributed by atoms with Crippen molar-refractivity contribution in [3.05, 3.63) is 48.0 Å². The molecular formula is C20H19N3O4. The summed E-state index contributed by atoms with van der Waals surface area (Å²) in [6.45, 7) is 0.431. The quantitative estimate of drug-likeness (QED) is 0.850. The van der Waals surface area contributed by atoms with Crippen LogP contribution >= 0.6 is 0 Å². The van der Waals surface area contributed by atoms with Gasteiger partial charge in [0, 0.05) is 24.7 Å². The highest BCUT2D eigenvalue weighted by molar-refractivity contribution is 5.98. The van der Waals surface area contributed by atoms with Crippen molar-refractivity contribution in [2.24, 2.45) is 0 Å². The maximum atomic E-state index is 12.2. The van der Waals surface area contributed by atoms with Gasteiger partial charge in [-0.1, -0.05) is 12.1 Å². The van der Waals surface area contributed by atoms with Crippen molar-refractivity contribution in [3.63, 3.8) is 0 Å². The summed E-state index contributed by atoms with van der Waals surface area (Å²) in [6, 6.07) is 13.9. The summed E-state index contributed by atoms with van der Waals surface area (Å²) in [7, 11) is 1.52. The summed E-state index contributed by atoms with van der Waals surface area (Å²) in [5.74, 6) is 0.568. The summed E-state index contributed by atoms with van der Waals surface area (Å²) in [6.07, 6.45) is 1.35. The van der Waals surface area contributed by atoms with Crippen molar-refractivity contribution < 1.29 is 19.1 Å². The second-order valence-electron chi connectivity index (χ2n) is 5.98. The number of carbonyl (C=O) groups is 2. The highest BCUT2D eigenvalue weighted by Crippen LogP contribution is 2.33. The van der Waals surface area contributed by atoms with Gasteiger partial charge in [-0.2, -0.15) is 5.26 Å². The Morgan fingerprint density at radius 3 is 2.78 bits per heavy atom. The number of hydrogen-bond acceptors (Lipinski definition) is 5. The van der Waals surface area contributed by atoms with Crippen molar-refractivity contribution in [3.8, 4) is 17.6 Å². The normalized spacial score (nSPS) is 13.2. The minimum atomic E-state index is -0.366. The molecule has 7 heteroatoms. The molecule has 0 atom stereocenters. The Morgan fingerprint density at radius 2 is 2.07 bits per heavy atom. The number of ether oxygens (including phenoxy) is 2. The minimum Gasteiger partial charge on any atom is -0.494 e. The molecule has 0 bridgehead atoms. The van der Waals surface area contributed by atoms with Crippen LogP contribution in [-0.4, -0.2) is 32.1 Å². The van der Waals surface area contributed by atoms with E-state index in [1.165, 1.54) is 7.11 Å². The first-order chi connectivity index (χ1) is 13.1. The van der Waals surface area contributed by atoms with Gasteiger partial charge in [-0.3, -0.25) is 9.59 Å². The Kier molecular flexibility index (Phi) is 5.57. The molecule has 0 saturated carbocycles. The van der Waals surface area contributed by atoms with Gasteiger partial charge in [0.1, 0.15) is 17.6 Å². The number of rotatable bonds is 6. The smallest absolute Gasteiger partial charge is 0.262 e. The lowest BCUT2D eigenvalue weighted by Gasteiger charge is -2.19. The van der Waals surface area contributed by atoms with Gasteiger partial charge < -0.3 is 19.7 Å². The van der Waals surface area contributed by atoms with Crippen LogP contribution in [0.2, 0.25) is 0 Å². The van der Waals surface area contributed by atoms with Gasteiger partial charge in [0.15, 0.2) is 6.61 Å². The summed E-state index contributed by atoms with van der Waals surface area (Å²) < 4.78 is 10.8. The third-order valence-corrected chi connectivity index (χ3v) is 4.19. The van der Waals surface area contributed by atoms with E-state index < -0.39 is 0 Å². The van der Waals surface area contributed by atoms with Crippen molar-refractivity contribution in [2.75, 3.05) is 30.5 Å². The third kappa shape index (κ3) is 4.18. The number of nitriles is 1. The molecular weight excluding hydrogens is 346 g/mol. The highest BCUT2D eigenvalue weighted by Gasteiger charge is 2.24. The van der Waals surface area contributed by atoms with Gasteiger partial charge in [-0.25, -0.2) is 0 Å². The van der Waals surface area contributed by atoms with Gasteiger partial charge in [0.2, 0.25) is 5.91 Å². The molecule has 0 unspecified atom stereocenters. The number of hydrogen-bond donors (Lipinski definition) is 1.